The van der Waals surface area contributed by atoms with E-state index in [0.717, 1.165) is 0 Å². The zero-order chi connectivity index (χ0) is 15.2. The van der Waals surface area contributed by atoms with Crippen molar-refractivity contribution in [1.82, 2.24) is 0 Å². The molecule has 0 aromatic heterocycles. The van der Waals surface area contributed by atoms with Gasteiger partial charge in [-0.1, -0.05) is 23.7 Å². The van der Waals surface area contributed by atoms with E-state index in [1.807, 2.05) is 0 Å². The van der Waals surface area contributed by atoms with Gasteiger partial charge in [0.2, 0.25) is 0 Å². The second kappa shape index (κ2) is 6.08. The Morgan fingerprint density at radius 2 is 0.952 bits per heavy atom. The molecule has 0 bridgehead atoms. The van der Waals surface area contributed by atoms with Crippen molar-refractivity contribution in [2.24, 2.45) is 0 Å². The molecule has 2 rings (SSSR count). The highest BCUT2D eigenvalue weighted by atomic mass is 16.5. The summed E-state index contributed by atoms with van der Waals surface area (Å²) >= 11 is 0. The van der Waals surface area contributed by atoms with Crippen molar-refractivity contribution in [3.05, 3.63) is 58.7 Å². The molecule has 0 unspecified atom stereocenters. The minimum absolute atomic E-state index is 0.582. The maximum atomic E-state index is 5.73. The van der Waals surface area contributed by atoms with E-state index in [2.05, 4.69) is 23.7 Å². The van der Waals surface area contributed by atoms with Crippen molar-refractivity contribution in [3.8, 4) is 60.9 Å². The first-order valence-electron chi connectivity index (χ1n) is 6.04. The van der Waals surface area contributed by atoms with Crippen LogP contribution in [-0.2, 0) is 0 Å². The van der Waals surface area contributed by atoms with Crippen LogP contribution in [0.15, 0.2) is 36.4 Å². The Kier molecular flexibility index (Phi) is 4.03. The SMILES string of the molecule is C#Cc1ccc(Oc2ccc(C#C)c(C#C)c2)cc1C#C. The second-order valence-corrected chi connectivity index (χ2v) is 4.09. The first-order valence-corrected chi connectivity index (χ1v) is 6.04. The summed E-state index contributed by atoms with van der Waals surface area (Å²) in [5, 5.41) is 0. The van der Waals surface area contributed by atoms with Crippen molar-refractivity contribution in [3.63, 3.8) is 0 Å². The molecule has 1 nitrogen and oxygen atoms in total. The average molecular weight is 266 g/mol. The molecule has 1 heteroatoms. The predicted molar refractivity (Wildman–Crippen MR) is 84.7 cm³/mol. The number of hydrogen-bond acceptors (Lipinski definition) is 1. The summed E-state index contributed by atoms with van der Waals surface area (Å²) in [6.45, 7) is 0. The molecule has 0 amide bonds. The van der Waals surface area contributed by atoms with Gasteiger partial charge >= 0.3 is 0 Å². The number of ether oxygens (including phenoxy) is 1. The van der Waals surface area contributed by atoms with Gasteiger partial charge in [0.05, 0.1) is 0 Å². The van der Waals surface area contributed by atoms with E-state index in [0.29, 0.717) is 33.8 Å². The molecule has 0 spiro atoms. The molecule has 0 fully saturated rings. The summed E-state index contributed by atoms with van der Waals surface area (Å²) in [7, 11) is 0. The number of rotatable bonds is 2. The van der Waals surface area contributed by atoms with Crippen molar-refractivity contribution in [2.75, 3.05) is 0 Å². The van der Waals surface area contributed by atoms with Gasteiger partial charge in [-0.15, -0.1) is 25.7 Å². The summed E-state index contributed by atoms with van der Waals surface area (Å²) in [6.07, 6.45) is 21.6. The summed E-state index contributed by atoms with van der Waals surface area (Å²) < 4.78 is 5.73. The fourth-order valence-corrected chi connectivity index (χ4v) is 1.80. The van der Waals surface area contributed by atoms with Crippen molar-refractivity contribution < 1.29 is 4.74 Å². The highest BCUT2D eigenvalue weighted by Crippen LogP contribution is 2.25. The topological polar surface area (TPSA) is 9.23 Å². The van der Waals surface area contributed by atoms with Crippen LogP contribution in [0.3, 0.4) is 0 Å². The van der Waals surface area contributed by atoms with Crippen LogP contribution in [0, 0.1) is 49.4 Å². The normalized spacial score (nSPS) is 8.76. The van der Waals surface area contributed by atoms with E-state index >= 15 is 0 Å². The molecular weight excluding hydrogens is 256 g/mol. The molecule has 2 aromatic carbocycles. The Balaban J connectivity index is 2.36. The first kappa shape index (κ1) is 13.9. The Bertz CT molecular complexity index is 785. The van der Waals surface area contributed by atoms with E-state index in [9.17, 15) is 0 Å². The van der Waals surface area contributed by atoms with Crippen molar-refractivity contribution >= 4 is 0 Å². The van der Waals surface area contributed by atoms with Gasteiger partial charge in [-0.2, -0.15) is 0 Å². The van der Waals surface area contributed by atoms with Crippen molar-refractivity contribution in [2.45, 2.75) is 0 Å². The lowest BCUT2D eigenvalue weighted by Crippen LogP contribution is -1.90. The number of benzene rings is 2. The van der Waals surface area contributed by atoms with Crippen LogP contribution < -0.4 is 4.74 Å². The molecule has 0 radical (unpaired) electrons. The lowest BCUT2D eigenvalue weighted by Gasteiger charge is -2.08. The number of hydrogen-bond donors (Lipinski definition) is 0. The minimum atomic E-state index is 0.582. The zero-order valence-corrected chi connectivity index (χ0v) is 11.2. The molecule has 0 aliphatic rings. The summed E-state index contributed by atoms with van der Waals surface area (Å²) in [5.74, 6) is 11.3. The highest BCUT2D eigenvalue weighted by molar-refractivity contribution is 5.54. The van der Waals surface area contributed by atoms with Crippen LogP contribution in [0.2, 0.25) is 0 Å². The van der Waals surface area contributed by atoms with E-state index in [-0.39, 0.29) is 0 Å². The first-order chi connectivity index (χ1) is 10.2. The smallest absolute Gasteiger partial charge is 0.128 e. The molecule has 0 saturated carbocycles. The predicted octanol–water partition coefficient (Wildman–Crippen LogP) is 3.40. The van der Waals surface area contributed by atoms with E-state index < -0.39 is 0 Å². The van der Waals surface area contributed by atoms with Gasteiger partial charge in [0.1, 0.15) is 11.5 Å². The van der Waals surface area contributed by atoms with Crippen LogP contribution in [-0.4, -0.2) is 0 Å². The molecule has 21 heavy (non-hydrogen) atoms. The molecule has 0 saturated heterocycles. The summed E-state index contributed by atoms with van der Waals surface area (Å²) in [6, 6.07) is 10.4. The van der Waals surface area contributed by atoms with Gasteiger partial charge < -0.3 is 4.74 Å². The van der Waals surface area contributed by atoms with Gasteiger partial charge in [0.25, 0.3) is 0 Å². The molecule has 0 N–H and O–H groups in total. The fraction of sp³-hybridized carbons (Fsp3) is 0. The highest BCUT2D eigenvalue weighted by Gasteiger charge is 2.04. The monoisotopic (exact) mass is 266 g/mol. The molecule has 0 aliphatic heterocycles. The number of terminal acetylenes is 4. The standard InChI is InChI=1S/C20H10O/c1-5-15-9-11-19(13-17(15)7-3)21-20-12-10-16(6-2)18(8-4)14-20/h1-4,9-14H. The molecular formula is C20H10O. The van der Waals surface area contributed by atoms with Gasteiger partial charge in [-0.05, 0) is 36.4 Å². The average Bonchev–Trinajstić information content (AvgIpc) is 2.54. The maximum Gasteiger partial charge on any atom is 0.128 e. The van der Waals surface area contributed by atoms with Crippen LogP contribution in [0.1, 0.15) is 22.3 Å². The third kappa shape index (κ3) is 2.91. The van der Waals surface area contributed by atoms with Crippen LogP contribution in [0.25, 0.3) is 0 Å². The Morgan fingerprint density at radius 3 is 1.29 bits per heavy atom. The van der Waals surface area contributed by atoms with Crippen LogP contribution in [0.4, 0.5) is 0 Å². The molecule has 0 heterocycles. The molecule has 0 aliphatic carbocycles. The fourth-order valence-electron chi connectivity index (χ4n) is 1.80. The minimum Gasteiger partial charge on any atom is -0.457 e. The quantitative estimate of drug-likeness (QED) is 0.757. The lowest BCUT2D eigenvalue weighted by molar-refractivity contribution is 0.482. The van der Waals surface area contributed by atoms with Gasteiger partial charge in [-0.3, -0.25) is 0 Å². The lowest BCUT2D eigenvalue weighted by atomic mass is 10.1. The molecule has 2 aromatic rings. The molecule has 0 atom stereocenters. The second-order valence-electron chi connectivity index (χ2n) is 4.09. The van der Waals surface area contributed by atoms with Crippen LogP contribution >= 0.6 is 0 Å². The van der Waals surface area contributed by atoms with Crippen LogP contribution in [0.5, 0.6) is 11.5 Å². The Hall–Kier alpha value is -3.52. The summed E-state index contributed by atoms with van der Waals surface area (Å²) in [4.78, 5) is 0. The zero-order valence-electron chi connectivity index (χ0n) is 11.2. The Morgan fingerprint density at radius 1 is 0.571 bits per heavy atom. The third-order valence-electron chi connectivity index (χ3n) is 2.84. The Labute approximate surface area is 125 Å². The van der Waals surface area contributed by atoms with Gasteiger partial charge in [0.15, 0.2) is 0 Å². The van der Waals surface area contributed by atoms with Gasteiger partial charge in [-0.25, -0.2) is 0 Å². The largest absolute Gasteiger partial charge is 0.457 e. The third-order valence-corrected chi connectivity index (χ3v) is 2.84. The van der Waals surface area contributed by atoms with Gasteiger partial charge in [0, 0.05) is 22.3 Å². The van der Waals surface area contributed by atoms with E-state index in [1.165, 1.54) is 0 Å². The maximum absolute atomic E-state index is 5.73. The van der Waals surface area contributed by atoms with E-state index in [1.54, 1.807) is 36.4 Å². The van der Waals surface area contributed by atoms with Crippen molar-refractivity contribution in [1.29, 1.82) is 0 Å². The molecule has 96 valence electrons. The summed E-state index contributed by atoms with van der Waals surface area (Å²) in [5.41, 5.74) is 2.51. The van der Waals surface area contributed by atoms with E-state index in [4.69, 9.17) is 30.4 Å².